The van der Waals surface area contributed by atoms with Crippen LogP contribution in [0.3, 0.4) is 0 Å². The molecule has 0 saturated carbocycles. The Labute approximate surface area is 453 Å². The van der Waals surface area contributed by atoms with Crippen molar-refractivity contribution < 1.29 is 71.3 Å². The third kappa shape index (κ3) is 15.3. The van der Waals surface area contributed by atoms with Crippen LogP contribution < -0.4 is 31.6 Å². The van der Waals surface area contributed by atoms with Crippen LogP contribution in [0.4, 0.5) is 5.69 Å². The fourth-order valence-corrected chi connectivity index (χ4v) is 9.08. The highest BCUT2D eigenvalue weighted by atomic mass is 16.5. The summed E-state index contributed by atoms with van der Waals surface area (Å²) in [6.07, 6.45) is 8.80. The van der Waals surface area contributed by atoms with E-state index >= 15 is 0 Å². The number of fused-ring (bicyclic) bond motifs is 4. The molecule has 25 nitrogen and oxygen atoms in total. The largest absolute Gasteiger partial charge is 0.453 e. The molecule has 10 amide bonds. The normalized spacial score (nSPS) is 16.8. The zero-order valence-electron chi connectivity index (χ0n) is 44.1. The van der Waals surface area contributed by atoms with Crippen LogP contribution in [0, 0.1) is 0 Å². The molecule has 2 unspecified atom stereocenters. The lowest BCUT2D eigenvalue weighted by Crippen LogP contribution is -2.59. The van der Waals surface area contributed by atoms with Gasteiger partial charge in [-0.05, 0) is 31.5 Å². The van der Waals surface area contributed by atoms with Gasteiger partial charge in [-0.3, -0.25) is 67.4 Å². The van der Waals surface area contributed by atoms with Crippen molar-refractivity contribution in [3.8, 4) is 11.5 Å². The van der Waals surface area contributed by atoms with E-state index in [1.54, 1.807) is 12.2 Å². The van der Waals surface area contributed by atoms with Gasteiger partial charge in [-0.25, -0.2) is 4.98 Å². The molecule has 7 rings (SSSR count). The van der Waals surface area contributed by atoms with Gasteiger partial charge in [-0.2, -0.15) is 0 Å². The lowest BCUT2D eigenvalue weighted by atomic mass is 9.83. The number of imide groups is 3. The van der Waals surface area contributed by atoms with Gasteiger partial charge >= 0.3 is 0 Å². The third-order valence-corrected chi connectivity index (χ3v) is 13.3. The summed E-state index contributed by atoms with van der Waals surface area (Å²) in [5, 5.41) is 10.8. The van der Waals surface area contributed by atoms with Crippen molar-refractivity contribution >= 4 is 81.9 Å². The van der Waals surface area contributed by atoms with Crippen LogP contribution in [-0.4, -0.2) is 189 Å². The zero-order valence-corrected chi connectivity index (χ0v) is 44.1. The molecule has 0 bridgehead atoms. The summed E-state index contributed by atoms with van der Waals surface area (Å²) >= 11 is 0. The van der Waals surface area contributed by atoms with E-state index in [-0.39, 0.29) is 109 Å². The quantitative estimate of drug-likeness (QED) is 0.0370. The predicted molar refractivity (Wildman–Crippen MR) is 281 cm³/mol. The predicted octanol–water partition coefficient (Wildman–Crippen LogP) is -0.147. The van der Waals surface area contributed by atoms with E-state index in [0.717, 1.165) is 69.9 Å². The first-order valence-corrected chi connectivity index (χ1v) is 25.9. The van der Waals surface area contributed by atoms with Gasteiger partial charge in [-0.15, -0.1) is 0 Å². The number of hydrogen-bond acceptors (Lipinski definition) is 18. The van der Waals surface area contributed by atoms with E-state index in [4.69, 9.17) is 28.3 Å². The van der Waals surface area contributed by atoms with Crippen molar-refractivity contribution in [1.29, 1.82) is 0 Å². The maximum atomic E-state index is 14.2. The number of nitrogens with zero attached hydrogens (tertiary/aromatic N) is 5. The second-order valence-electron chi connectivity index (χ2n) is 18.8. The van der Waals surface area contributed by atoms with Gasteiger partial charge in [0.15, 0.2) is 16.8 Å². The Hall–Kier alpha value is -8.26. The molecule has 0 saturated heterocycles. The molecule has 420 valence electrons. The van der Waals surface area contributed by atoms with Crippen molar-refractivity contribution in [1.82, 2.24) is 41.0 Å². The van der Waals surface area contributed by atoms with Gasteiger partial charge in [0.25, 0.3) is 35.4 Å². The highest BCUT2D eigenvalue weighted by Crippen LogP contribution is 2.39. The number of hydrogen-bond donors (Lipinski definition) is 4. The first kappa shape index (κ1) is 58.4. The number of aromatic nitrogens is 1. The molecular weight excluding hydrogens is 1030 g/mol. The average molecular weight is 1090 g/mol. The maximum absolute atomic E-state index is 14.2. The second kappa shape index (κ2) is 27.4. The monoisotopic (exact) mass is 1090 g/mol. The van der Waals surface area contributed by atoms with Gasteiger partial charge in [0.2, 0.25) is 23.6 Å². The summed E-state index contributed by atoms with van der Waals surface area (Å²) < 4.78 is 30.5. The van der Waals surface area contributed by atoms with Crippen molar-refractivity contribution in [2.45, 2.75) is 57.6 Å². The van der Waals surface area contributed by atoms with E-state index in [1.165, 1.54) is 6.07 Å². The molecule has 4 N–H and O–H groups in total. The minimum atomic E-state index is -1.58. The number of carbonyl (C=O) groups is 10. The fourth-order valence-electron chi connectivity index (χ4n) is 9.08. The highest BCUT2D eigenvalue weighted by molar-refractivity contribution is 6.14. The number of anilines is 1. The minimum absolute atomic E-state index is 0.0202. The summed E-state index contributed by atoms with van der Waals surface area (Å²) in [7, 11) is 0. The van der Waals surface area contributed by atoms with E-state index in [0.29, 0.717) is 27.9 Å². The standard InChI is InChI=1S/C54H63N9O16/c1-4-60(5-2)35-6-8-37-40(28-35)79-41-29-38(64)36-7-9-39(34(3)52(36)53(41)58-37)78-30-45(68)59-54(31-75-25-16-42(65)55-19-22-61-46(69)10-11-47(61)70,32-76-26-17-43(66)56-20-23-62-48(71)12-13-49(62)72)33-77-27-18-44(67)57-21-24-63-50(73)14-15-51(63)74/h6-15,28-29,34,39H,4-5,16-27,30-33H2,1-3H3,(H,55,65)(H,56,66)(H,57,67)(H,59,68). The summed E-state index contributed by atoms with van der Waals surface area (Å²) in [6.45, 7) is 5.10. The molecule has 1 aromatic rings. The van der Waals surface area contributed by atoms with Gasteiger partial charge in [0.1, 0.15) is 23.4 Å². The minimum Gasteiger partial charge on any atom is -0.453 e. The van der Waals surface area contributed by atoms with Crippen molar-refractivity contribution in [3.63, 3.8) is 0 Å². The molecule has 0 radical (unpaired) electrons. The van der Waals surface area contributed by atoms with Gasteiger partial charge in [0, 0.05) is 137 Å². The molecule has 0 fully saturated rings. The van der Waals surface area contributed by atoms with Crippen LogP contribution in [-0.2, 0) is 66.9 Å². The maximum Gasteiger partial charge on any atom is 0.253 e. The SMILES string of the molecule is CCN(CC)c1ccc2nc3c4c(c(=O)cc-3oc2c1)C=CC(OCC(=O)NC(COCCC(=O)NCCN1C(=O)C=CC1=O)(COCCC(=O)NCCN1C(=O)C=CC1=O)COCCC(=O)NCCN1C(=O)C=CC1=O)C4C. The lowest BCUT2D eigenvalue weighted by molar-refractivity contribution is -0.138. The van der Waals surface area contributed by atoms with Gasteiger partial charge in [0.05, 0.1) is 45.7 Å². The second-order valence-corrected chi connectivity index (χ2v) is 18.8. The molecule has 0 spiro atoms. The van der Waals surface area contributed by atoms with Crippen LogP contribution in [0.1, 0.15) is 57.1 Å². The molecule has 4 heterocycles. The Kier molecular flexibility index (Phi) is 20.2. The van der Waals surface area contributed by atoms with Crippen LogP contribution in [0.15, 0.2) is 76.0 Å². The van der Waals surface area contributed by atoms with Crippen LogP contribution in [0.25, 0.3) is 28.6 Å². The Morgan fingerprint density at radius 3 is 1.53 bits per heavy atom. The first-order chi connectivity index (χ1) is 38.0. The Morgan fingerprint density at radius 2 is 1.09 bits per heavy atom. The summed E-state index contributed by atoms with van der Waals surface area (Å²) in [4.78, 5) is 148. The van der Waals surface area contributed by atoms with E-state index in [1.807, 2.05) is 25.1 Å². The molecule has 4 aliphatic heterocycles. The smallest absolute Gasteiger partial charge is 0.253 e. The molecule has 2 aliphatic carbocycles. The molecular formula is C54H63N9O16. The number of amides is 10. The van der Waals surface area contributed by atoms with E-state index < -0.39 is 83.2 Å². The fraction of sp³-hybridized carbons (Fsp3) is 0.444. The van der Waals surface area contributed by atoms with E-state index in [9.17, 15) is 52.7 Å². The van der Waals surface area contributed by atoms with E-state index in [2.05, 4.69) is 40.0 Å². The molecule has 79 heavy (non-hydrogen) atoms. The van der Waals surface area contributed by atoms with Crippen molar-refractivity contribution in [2.75, 3.05) is 104 Å². The molecule has 0 aromatic heterocycles. The third-order valence-electron chi connectivity index (χ3n) is 13.3. The average Bonchev–Trinajstić information content (AvgIpc) is 4.23. The van der Waals surface area contributed by atoms with Crippen LogP contribution in [0.2, 0.25) is 0 Å². The van der Waals surface area contributed by atoms with Crippen LogP contribution >= 0.6 is 0 Å². The molecule has 25 heteroatoms. The number of carbonyl (C=O) groups excluding carboxylic acids is 10. The van der Waals surface area contributed by atoms with Gasteiger partial charge < -0.3 is 49.5 Å². The Balaban J connectivity index is 1.03. The number of benzene rings is 2. The first-order valence-electron chi connectivity index (χ1n) is 25.9. The number of rotatable bonds is 31. The molecule has 1 aromatic carbocycles. The van der Waals surface area contributed by atoms with Crippen molar-refractivity contribution in [2.24, 2.45) is 0 Å². The van der Waals surface area contributed by atoms with Crippen LogP contribution in [0.5, 0.6) is 0 Å². The summed E-state index contributed by atoms with van der Waals surface area (Å²) in [5.74, 6) is -5.30. The highest BCUT2D eigenvalue weighted by Gasteiger charge is 2.36. The lowest BCUT2D eigenvalue weighted by Gasteiger charge is -2.35. The Bertz CT molecular complexity index is 2780. The zero-order chi connectivity index (χ0) is 56.6. The number of nitrogens with one attached hydrogen (secondary N) is 4. The molecule has 2 atom stereocenters. The molecule has 6 aliphatic rings. The summed E-state index contributed by atoms with van der Waals surface area (Å²) in [6, 6.07) is 7.12. The van der Waals surface area contributed by atoms with Crippen molar-refractivity contribution in [3.05, 3.63) is 88.1 Å². The Morgan fingerprint density at radius 1 is 0.633 bits per heavy atom. The van der Waals surface area contributed by atoms with Gasteiger partial charge in [-0.1, -0.05) is 19.1 Å². The summed E-state index contributed by atoms with van der Waals surface area (Å²) in [5.41, 5.74) is 1.62. The number of ether oxygens (including phenoxy) is 4. The topological polar surface area (TPSA) is 312 Å².